The molecule has 0 unspecified atom stereocenters. The van der Waals surface area contributed by atoms with Gasteiger partial charge in [0, 0.05) is 0 Å². The van der Waals surface area contributed by atoms with Crippen LogP contribution in [0.1, 0.15) is 5.01 Å². The number of benzene rings is 1. The Morgan fingerprint density at radius 1 is 1.53 bits per heavy atom. The van der Waals surface area contributed by atoms with E-state index in [1.807, 2.05) is 6.07 Å². The van der Waals surface area contributed by atoms with Crippen molar-refractivity contribution in [3.05, 3.63) is 23.2 Å². The first-order valence-corrected chi connectivity index (χ1v) is 7.15. The number of primary amides is 1. The van der Waals surface area contributed by atoms with Gasteiger partial charge in [-0.3, -0.25) is 0 Å². The van der Waals surface area contributed by atoms with Crippen LogP contribution in [-0.2, 0) is 20.7 Å². The summed E-state index contributed by atoms with van der Waals surface area (Å²) in [5.74, 6) is 0. The highest BCUT2D eigenvalue weighted by Gasteiger charge is 2.19. The summed E-state index contributed by atoms with van der Waals surface area (Å²) in [6.45, 7) is 0. The fourth-order valence-corrected chi connectivity index (χ4v) is 3.09. The molecule has 0 aliphatic carbocycles. The lowest BCUT2D eigenvalue weighted by Gasteiger charge is -2.02. The van der Waals surface area contributed by atoms with Gasteiger partial charge in [-0.1, -0.05) is 0 Å². The SMILES string of the molecule is N#CCc1nc2cc(S(=O)(=O)OC(N)=O)ccc2s1. The van der Waals surface area contributed by atoms with Crippen molar-refractivity contribution in [3.63, 3.8) is 0 Å². The number of fused-ring (bicyclic) bond motifs is 1. The van der Waals surface area contributed by atoms with Crippen LogP contribution in [0, 0.1) is 11.3 Å². The number of aromatic nitrogens is 1. The third-order valence-corrected chi connectivity index (χ3v) is 4.37. The molecule has 9 heteroatoms. The van der Waals surface area contributed by atoms with Crippen molar-refractivity contribution in [1.82, 2.24) is 4.98 Å². The largest absolute Gasteiger partial charge is 0.420 e. The minimum atomic E-state index is -4.23. The molecule has 7 nitrogen and oxygen atoms in total. The Morgan fingerprint density at radius 3 is 2.89 bits per heavy atom. The maximum Gasteiger partial charge on any atom is 0.420 e. The summed E-state index contributed by atoms with van der Waals surface area (Å²) in [5, 5.41) is 9.16. The molecule has 0 aliphatic rings. The van der Waals surface area contributed by atoms with Crippen molar-refractivity contribution in [1.29, 1.82) is 5.26 Å². The van der Waals surface area contributed by atoms with Crippen molar-refractivity contribution in [2.45, 2.75) is 11.3 Å². The van der Waals surface area contributed by atoms with E-state index in [4.69, 9.17) is 5.26 Å². The Kier molecular flexibility index (Phi) is 3.37. The highest BCUT2D eigenvalue weighted by Crippen LogP contribution is 2.25. The van der Waals surface area contributed by atoms with Gasteiger partial charge >= 0.3 is 16.2 Å². The summed E-state index contributed by atoms with van der Waals surface area (Å²) in [6.07, 6.45) is -1.25. The minimum Gasteiger partial charge on any atom is -0.334 e. The zero-order valence-corrected chi connectivity index (χ0v) is 11.0. The van der Waals surface area contributed by atoms with E-state index in [9.17, 15) is 13.2 Å². The monoisotopic (exact) mass is 297 g/mol. The number of carbonyl (C=O) groups excluding carboxylic acids is 1. The van der Waals surface area contributed by atoms with E-state index in [-0.39, 0.29) is 11.3 Å². The molecule has 1 amide bonds. The summed E-state index contributed by atoms with van der Waals surface area (Å²) in [7, 11) is -4.23. The average Bonchev–Trinajstić information content (AvgIpc) is 2.68. The van der Waals surface area contributed by atoms with Gasteiger partial charge in [-0.05, 0) is 18.2 Å². The zero-order chi connectivity index (χ0) is 14.0. The van der Waals surface area contributed by atoms with Gasteiger partial charge in [-0.25, -0.2) is 9.78 Å². The zero-order valence-electron chi connectivity index (χ0n) is 9.36. The number of nitrogens with two attached hydrogens (primary N) is 1. The van der Waals surface area contributed by atoms with E-state index in [1.54, 1.807) is 0 Å². The lowest BCUT2D eigenvalue weighted by molar-refractivity contribution is 0.212. The van der Waals surface area contributed by atoms with Gasteiger partial charge in [0.05, 0.1) is 22.7 Å². The van der Waals surface area contributed by atoms with Crippen LogP contribution >= 0.6 is 11.3 Å². The first-order valence-electron chi connectivity index (χ1n) is 4.93. The molecule has 0 fully saturated rings. The molecule has 2 N–H and O–H groups in total. The molecule has 2 rings (SSSR count). The van der Waals surface area contributed by atoms with Crippen LogP contribution in [0.3, 0.4) is 0 Å². The Hall–Kier alpha value is -2.18. The van der Waals surface area contributed by atoms with Crippen LogP contribution in [0.2, 0.25) is 0 Å². The molecule has 1 aromatic heterocycles. The molecule has 0 bridgehead atoms. The number of hydrogen-bond acceptors (Lipinski definition) is 7. The Bertz CT molecular complexity index is 789. The molecule has 0 saturated heterocycles. The van der Waals surface area contributed by atoms with Crippen LogP contribution in [0.25, 0.3) is 10.2 Å². The maximum atomic E-state index is 11.6. The second-order valence-electron chi connectivity index (χ2n) is 3.43. The predicted molar refractivity (Wildman–Crippen MR) is 66.8 cm³/mol. The van der Waals surface area contributed by atoms with Gasteiger partial charge in [-0.2, -0.15) is 13.7 Å². The van der Waals surface area contributed by atoms with E-state index in [2.05, 4.69) is 14.9 Å². The second-order valence-corrected chi connectivity index (χ2v) is 6.09. The average molecular weight is 297 g/mol. The second kappa shape index (κ2) is 4.83. The van der Waals surface area contributed by atoms with Crippen molar-refractivity contribution in [2.24, 2.45) is 5.73 Å². The molecule has 19 heavy (non-hydrogen) atoms. The summed E-state index contributed by atoms with van der Waals surface area (Å²) in [6, 6.07) is 6.05. The molecule has 1 heterocycles. The Balaban J connectivity index is 2.47. The van der Waals surface area contributed by atoms with Crippen LogP contribution in [0.4, 0.5) is 4.79 Å². The van der Waals surface area contributed by atoms with E-state index in [0.29, 0.717) is 10.5 Å². The summed E-state index contributed by atoms with van der Waals surface area (Å²) in [4.78, 5) is 14.4. The van der Waals surface area contributed by atoms with Crippen molar-refractivity contribution >= 4 is 37.8 Å². The first-order chi connectivity index (χ1) is 8.92. The highest BCUT2D eigenvalue weighted by molar-refractivity contribution is 7.87. The van der Waals surface area contributed by atoms with Gasteiger partial charge in [-0.15, -0.1) is 11.3 Å². The smallest absolute Gasteiger partial charge is 0.334 e. The summed E-state index contributed by atoms with van der Waals surface area (Å²) in [5.41, 5.74) is 5.10. The van der Waals surface area contributed by atoms with Gasteiger partial charge in [0.2, 0.25) is 0 Å². The van der Waals surface area contributed by atoms with Crippen LogP contribution in [0.5, 0.6) is 0 Å². The number of nitrogens with zero attached hydrogens (tertiary/aromatic N) is 2. The quantitative estimate of drug-likeness (QED) is 0.847. The molecule has 2 aromatic rings. The molecule has 0 saturated carbocycles. The normalized spacial score (nSPS) is 11.1. The summed E-state index contributed by atoms with van der Waals surface area (Å²) < 4.78 is 28.0. The summed E-state index contributed by atoms with van der Waals surface area (Å²) >= 11 is 1.29. The third kappa shape index (κ3) is 2.81. The van der Waals surface area contributed by atoms with Crippen molar-refractivity contribution in [2.75, 3.05) is 0 Å². The van der Waals surface area contributed by atoms with Crippen molar-refractivity contribution < 1.29 is 17.4 Å². The number of hydrogen-bond donors (Lipinski definition) is 1. The third-order valence-electron chi connectivity index (χ3n) is 2.11. The number of thiazole rings is 1. The number of rotatable bonds is 3. The molecule has 0 radical (unpaired) electrons. The number of amides is 1. The predicted octanol–water partition coefficient (Wildman–Crippen LogP) is 1.15. The van der Waals surface area contributed by atoms with Crippen LogP contribution in [-0.4, -0.2) is 19.5 Å². The Morgan fingerprint density at radius 2 is 2.26 bits per heavy atom. The van der Waals surface area contributed by atoms with Gasteiger partial charge < -0.3 is 9.92 Å². The first kappa shape index (κ1) is 13.3. The fourth-order valence-electron chi connectivity index (χ4n) is 1.41. The molecule has 0 aliphatic heterocycles. The van der Waals surface area contributed by atoms with Crippen LogP contribution < -0.4 is 5.73 Å². The maximum absolute atomic E-state index is 11.6. The lowest BCUT2D eigenvalue weighted by atomic mass is 10.3. The van der Waals surface area contributed by atoms with Gasteiger partial charge in [0.15, 0.2) is 0 Å². The molecule has 0 atom stereocenters. The molecule has 98 valence electrons. The number of nitriles is 1. The fraction of sp³-hybridized carbons (Fsp3) is 0.100. The molecule has 0 spiro atoms. The van der Waals surface area contributed by atoms with E-state index in [1.165, 1.54) is 29.5 Å². The lowest BCUT2D eigenvalue weighted by Crippen LogP contribution is -2.18. The Labute approximate surface area is 112 Å². The highest BCUT2D eigenvalue weighted by atomic mass is 32.2. The van der Waals surface area contributed by atoms with E-state index in [0.717, 1.165) is 4.70 Å². The van der Waals surface area contributed by atoms with Gasteiger partial charge in [0.25, 0.3) is 0 Å². The van der Waals surface area contributed by atoms with Gasteiger partial charge in [0.1, 0.15) is 9.90 Å². The number of carbonyl (C=O) groups is 1. The minimum absolute atomic E-state index is 0.152. The van der Waals surface area contributed by atoms with E-state index < -0.39 is 16.2 Å². The van der Waals surface area contributed by atoms with E-state index >= 15 is 0 Å². The van der Waals surface area contributed by atoms with Crippen molar-refractivity contribution in [3.8, 4) is 6.07 Å². The standard InChI is InChI=1S/C10H7N3O4S2/c11-4-3-9-13-7-5-6(1-2-8(7)18-9)19(15,16)17-10(12)14/h1-2,5H,3H2,(H2,12,14). The van der Waals surface area contributed by atoms with Crippen LogP contribution in [0.15, 0.2) is 23.1 Å². The topological polar surface area (TPSA) is 123 Å². The molecule has 1 aromatic carbocycles. The molecular formula is C10H7N3O4S2. The molecular weight excluding hydrogens is 290 g/mol.